The van der Waals surface area contributed by atoms with Crippen molar-refractivity contribution in [1.29, 1.82) is 0 Å². The molecule has 0 atom stereocenters. The molecule has 0 saturated heterocycles. The Morgan fingerprint density at radius 1 is 1.05 bits per heavy atom. The summed E-state index contributed by atoms with van der Waals surface area (Å²) in [5.41, 5.74) is 6.65. The van der Waals surface area contributed by atoms with Crippen LogP contribution in [0.3, 0.4) is 0 Å². The molecule has 0 amide bonds. The zero-order valence-electron chi connectivity index (χ0n) is 10.9. The first-order valence-electron chi connectivity index (χ1n) is 6.38. The van der Waals surface area contributed by atoms with Gasteiger partial charge >= 0.3 is 0 Å². The van der Waals surface area contributed by atoms with Crippen molar-refractivity contribution in [1.82, 2.24) is 14.6 Å². The number of hydrogen-bond acceptors (Lipinski definition) is 2. The third-order valence-corrected chi connectivity index (χ3v) is 3.73. The van der Waals surface area contributed by atoms with Crippen molar-refractivity contribution >= 4 is 16.4 Å². The average molecular weight is 247 g/mol. The summed E-state index contributed by atoms with van der Waals surface area (Å²) in [6.07, 6.45) is 1.98. The zero-order valence-corrected chi connectivity index (χ0v) is 10.9. The quantitative estimate of drug-likeness (QED) is 0.475. The van der Waals surface area contributed by atoms with E-state index >= 15 is 0 Å². The van der Waals surface area contributed by atoms with E-state index in [4.69, 9.17) is 0 Å². The van der Waals surface area contributed by atoms with Crippen LogP contribution in [-0.4, -0.2) is 14.6 Å². The van der Waals surface area contributed by atoms with Gasteiger partial charge < -0.3 is 0 Å². The minimum atomic E-state index is 1.03. The van der Waals surface area contributed by atoms with E-state index in [2.05, 4.69) is 41.3 Å². The SMILES string of the molecule is Cc1cc2c3c4ccccc4nc-3ccn2nc1C. The minimum absolute atomic E-state index is 1.03. The van der Waals surface area contributed by atoms with Crippen LogP contribution < -0.4 is 0 Å². The standard InChI is InChI=1S/C16H13N3/c1-10-9-15-16-12-5-3-4-6-13(12)17-14(16)7-8-19(15)18-11(10)2/h3-9H,1-2H3. The molecule has 0 N–H and O–H groups in total. The van der Waals surface area contributed by atoms with Crippen LogP contribution in [0, 0.1) is 13.8 Å². The first kappa shape index (κ1) is 10.5. The second kappa shape index (κ2) is 3.54. The molecule has 0 fully saturated rings. The Morgan fingerprint density at radius 2 is 1.89 bits per heavy atom. The van der Waals surface area contributed by atoms with E-state index in [1.807, 2.05) is 29.8 Å². The second-order valence-electron chi connectivity index (χ2n) is 4.95. The first-order valence-corrected chi connectivity index (χ1v) is 6.38. The van der Waals surface area contributed by atoms with Crippen LogP contribution in [-0.2, 0) is 0 Å². The van der Waals surface area contributed by atoms with E-state index < -0.39 is 0 Å². The van der Waals surface area contributed by atoms with Gasteiger partial charge in [-0.15, -0.1) is 0 Å². The van der Waals surface area contributed by atoms with Crippen molar-refractivity contribution in [3.63, 3.8) is 0 Å². The maximum Gasteiger partial charge on any atom is 0.0753 e. The summed E-state index contributed by atoms with van der Waals surface area (Å²) in [4.78, 5) is 4.68. The number of rotatable bonds is 0. The van der Waals surface area contributed by atoms with Gasteiger partial charge in [0, 0.05) is 17.1 Å². The molecule has 19 heavy (non-hydrogen) atoms. The number of para-hydroxylation sites is 1. The predicted molar refractivity (Wildman–Crippen MR) is 76.6 cm³/mol. The molecule has 3 heterocycles. The summed E-state index contributed by atoms with van der Waals surface area (Å²) in [5.74, 6) is 0. The fourth-order valence-corrected chi connectivity index (χ4v) is 2.61. The Bertz CT molecular complexity index is 889. The highest BCUT2D eigenvalue weighted by Crippen LogP contribution is 2.34. The summed E-state index contributed by atoms with van der Waals surface area (Å²) in [6.45, 7) is 4.13. The summed E-state index contributed by atoms with van der Waals surface area (Å²) in [6, 6.07) is 12.5. The van der Waals surface area contributed by atoms with Gasteiger partial charge in [0.25, 0.3) is 0 Å². The lowest BCUT2D eigenvalue weighted by molar-refractivity contribution is 0.882. The third kappa shape index (κ3) is 1.38. The Balaban J connectivity index is 2.28. The number of pyridine rings is 1. The van der Waals surface area contributed by atoms with E-state index in [9.17, 15) is 0 Å². The fraction of sp³-hybridized carbons (Fsp3) is 0.125. The Kier molecular flexibility index (Phi) is 1.96. The van der Waals surface area contributed by atoms with Gasteiger partial charge in [0.1, 0.15) is 0 Å². The maximum atomic E-state index is 4.68. The monoisotopic (exact) mass is 247 g/mol. The normalized spacial score (nSPS) is 11.7. The van der Waals surface area contributed by atoms with Gasteiger partial charge in [0.05, 0.1) is 22.4 Å². The fourth-order valence-electron chi connectivity index (χ4n) is 2.61. The van der Waals surface area contributed by atoms with Crippen LogP contribution in [0.15, 0.2) is 42.6 Å². The lowest BCUT2D eigenvalue weighted by Gasteiger charge is -2.09. The van der Waals surface area contributed by atoms with Crippen LogP contribution in [0.4, 0.5) is 0 Å². The van der Waals surface area contributed by atoms with Crippen molar-refractivity contribution in [2.75, 3.05) is 0 Å². The summed E-state index contributed by atoms with van der Waals surface area (Å²) >= 11 is 0. The minimum Gasteiger partial charge on any atom is -0.248 e. The Morgan fingerprint density at radius 3 is 2.79 bits per heavy atom. The van der Waals surface area contributed by atoms with E-state index in [0.717, 1.165) is 22.4 Å². The number of benzene rings is 1. The Hall–Kier alpha value is -2.42. The molecular formula is C16H13N3. The van der Waals surface area contributed by atoms with E-state index in [-0.39, 0.29) is 0 Å². The largest absolute Gasteiger partial charge is 0.248 e. The topological polar surface area (TPSA) is 30.2 Å². The highest BCUT2D eigenvalue weighted by molar-refractivity contribution is 6.03. The molecule has 0 radical (unpaired) electrons. The van der Waals surface area contributed by atoms with E-state index in [1.54, 1.807) is 0 Å². The number of hydrogen-bond donors (Lipinski definition) is 0. The molecule has 3 nitrogen and oxygen atoms in total. The molecular weight excluding hydrogens is 234 g/mol. The highest BCUT2D eigenvalue weighted by Gasteiger charge is 2.15. The second-order valence-corrected chi connectivity index (χ2v) is 4.95. The number of aromatic nitrogens is 3. The molecule has 3 heteroatoms. The lowest BCUT2D eigenvalue weighted by Crippen LogP contribution is -2.00. The van der Waals surface area contributed by atoms with E-state index in [0.29, 0.717) is 0 Å². The Labute approximate surface area is 110 Å². The summed E-state index contributed by atoms with van der Waals surface area (Å²) in [7, 11) is 0. The van der Waals surface area contributed by atoms with Crippen molar-refractivity contribution < 1.29 is 0 Å². The molecule has 0 aliphatic carbocycles. The van der Waals surface area contributed by atoms with Gasteiger partial charge in [0.15, 0.2) is 0 Å². The molecule has 0 unspecified atom stereocenters. The van der Waals surface area contributed by atoms with Crippen LogP contribution in [0.25, 0.3) is 27.7 Å². The lowest BCUT2D eigenvalue weighted by atomic mass is 10.1. The predicted octanol–water partition coefficient (Wildman–Crippen LogP) is 3.60. The smallest absolute Gasteiger partial charge is 0.0753 e. The van der Waals surface area contributed by atoms with E-state index in [1.165, 1.54) is 16.5 Å². The maximum absolute atomic E-state index is 4.68. The average Bonchev–Trinajstić information content (AvgIpc) is 2.79. The molecule has 4 rings (SSSR count). The van der Waals surface area contributed by atoms with Crippen LogP contribution in [0.5, 0.6) is 0 Å². The summed E-state index contributed by atoms with van der Waals surface area (Å²) in [5, 5.41) is 5.80. The number of aryl methyl sites for hydroxylation is 2. The van der Waals surface area contributed by atoms with Gasteiger partial charge in [-0.25, -0.2) is 9.50 Å². The van der Waals surface area contributed by atoms with Crippen molar-refractivity contribution in [2.24, 2.45) is 0 Å². The first-order chi connectivity index (χ1) is 9.24. The van der Waals surface area contributed by atoms with Crippen molar-refractivity contribution in [3.05, 3.63) is 53.9 Å². The van der Waals surface area contributed by atoms with Crippen LogP contribution in [0.2, 0.25) is 0 Å². The third-order valence-electron chi connectivity index (χ3n) is 3.73. The van der Waals surface area contributed by atoms with Gasteiger partial charge in [-0.3, -0.25) is 0 Å². The van der Waals surface area contributed by atoms with Crippen LogP contribution >= 0.6 is 0 Å². The zero-order chi connectivity index (χ0) is 13.0. The van der Waals surface area contributed by atoms with Crippen LogP contribution in [0.1, 0.15) is 11.3 Å². The van der Waals surface area contributed by atoms with Gasteiger partial charge in [-0.1, -0.05) is 18.2 Å². The van der Waals surface area contributed by atoms with Gasteiger partial charge in [-0.05, 0) is 37.6 Å². The molecule has 0 bridgehead atoms. The number of nitrogens with zero attached hydrogens (tertiary/aromatic N) is 3. The molecule has 92 valence electrons. The summed E-state index contributed by atoms with van der Waals surface area (Å²) < 4.78 is 1.94. The molecule has 2 aliphatic rings. The van der Waals surface area contributed by atoms with Gasteiger partial charge in [0.2, 0.25) is 0 Å². The molecule has 0 spiro atoms. The molecule has 2 aliphatic heterocycles. The molecule has 2 aromatic rings. The molecule has 0 saturated carbocycles. The highest BCUT2D eigenvalue weighted by atomic mass is 15.2. The number of fused-ring (bicyclic) bond motifs is 5. The van der Waals surface area contributed by atoms with Crippen molar-refractivity contribution in [3.8, 4) is 11.3 Å². The van der Waals surface area contributed by atoms with Crippen molar-refractivity contribution in [2.45, 2.75) is 13.8 Å². The van der Waals surface area contributed by atoms with Gasteiger partial charge in [-0.2, -0.15) is 5.10 Å². The molecule has 1 aromatic heterocycles. The molecule has 1 aromatic carbocycles.